The summed E-state index contributed by atoms with van der Waals surface area (Å²) < 4.78 is 23.7. The number of likely N-dealkylation sites (tertiary alicyclic amines) is 1. The number of carbonyl (C=O) groups excluding carboxylic acids is 2. The van der Waals surface area contributed by atoms with Gasteiger partial charge in [0.05, 0.1) is 23.5 Å². The van der Waals surface area contributed by atoms with Crippen molar-refractivity contribution in [3.63, 3.8) is 0 Å². The second-order valence-electron chi connectivity index (χ2n) is 11.0. The Morgan fingerprint density at radius 1 is 1.05 bits per heavy atom. The number of halogens is 1. The van der Waals surface area contributed by atoms with Crippen molar-refractivity contribution < 1.29 is 23.8 Å². The normalized spacial score (nSPS) is 13.2. The minimum absolute atomic E-state index is 0.0512. The Morgan fingerprint density at radius 2 is 1.77 bits per heavy atom. The molecule has 0 spiro atoms. The number of nitrogens with zero attached hydrogens (tertiary/aromatic N) is 4. The zero-order valence-corrected chi connectivity index (χ0v) is 24.1. The van der Waals surface area contributed by atoms with Gasteiger partial charge in [-0.05, 0) is 63.9 Å². The van der Waals surface area contributed by atoms with Crippen molar-refractivity contribution in [3.05, 3.63) is 94.3 Å². The average molecular weight is 589 g/mol. The first-order valence-corrected chi connectivity index (χ1v) is 13.9. The molecule has 0 atom stereocenters. The second-order valence-corrected chi connectivity index (χ2v) is 11.0. The fraction of sp³-hybridized carbons (Fsp3) is 0.290. The van der Waals surface area contributed by atoms with Gasteiger partial charge in [0.25, 0.3) is 11.5 Å². The lowest BCUT2D eigenvalue weighted by atomic mass is 10.1. The molecule has 1 saturated heterocycles. The van der Waals surface area contributed by atoms with Crippen LogP contribution in [0.15, 0.2) is 71.7 Å². The molecule has 0 radical (unpaired) electrons. The number of para-hydroxylation sites is 1. The van der Waals surface area contributed by atoms with Gasteiger partial charge in [0, 0.05) is 37.1 Å². The summed E-state index contributed by atoms with van der Waals surface area (Å²) in [5.41, 5.74) is -0.886. The lowest BCUT2D eigenvalue weighted by Crippen LogP contribution is -2.32. The van der Waals surface area contributed by atoms with Gasteiger partial charge in [-0.3, -0.25) is 19.6 Å². The van der Waals surface area contributed by atoms with Crippen molar-refractivity contribution in [2.75, 3.05) is 23.7 Å². The number of pyridine rings is 1. The van der Waals surface area contributed by atoms with Gasteiger partial charge in [-0.1, -0.05) is 18.2 Å². The highest BCUT2D eigenvalue weighted by Crippen LogP contribution is 2.28. The molecule has 3 heterocycles. The molecular weight excluding hydrogens is 555 g/mol. The van der Waals surface area contributed by atoms with Crippen LogP contribution in [0.1, 0.15) is 42.7 Å². The molecule has 1 aliphatic rings. The molecular formula is C31H33FN6O5. The van der Waals surface area contributed by atoms with E-state index in [4.69, 9.17) is 4.74 Å². The number of rotatable bonds is 8. The van der Waals surface area contributed by atoms with E-state index in [2.05, 4.69) is 15.6 Å². The van der Waals surface area contributed by atoms with Gasteiger partial charge in [0.15, 0.2) is 11.6 Å². The third-order valence-electron chi connectivity index (χ3n) is 6.94. The summed E-state index contributed by atoms with van der Waals surface area (Å²) in [5.74, 6) is -1.06. The molecule has 4 aromatic rings. The number of carbonyl (C=O) groups is 2. The molecule has 3 amide bonds. The number of anilines is 2. The molecule has 0 unspecified atom stereocenters. The Kier molecular flexibility index (Phi) is 8.31. The summed E-state index contributed by atoms with van der Waals surface area (Å²) in [6, 6.07) is 15.4. The van der Waals surface area contributed by atoms with E-state index < -0.39 is 22.9 Å². The van der Waals surface area contributed by atoms with E-state index in [-0.39, 0.29) is 41.1 Å². The van der Waals surface area contributed by atoms with Crippen LogP contribution in [0.5, 0.6) is 11.5 Å². The van der Waals surface area contributed by atoms with E-state index in [1.807, 2.05) is 0 Å². The van der Waals surface area contributed by atoms with Gasteiger partial charge in [-0.15, -0.1) is 0 Å². The molecule has 0 saturated carbocycles. The Labute approximate surface area is 247 Å². The number of hydrogen-bond acceptors (Lipinski definition) is 6. The number of amides is 3. The minimum atomic E-state index is -1.17. The summed E-state index contributed by atoms with van der Waals surface area (Å²) in [4.78, 5) is 45.0. The van der Waals surface area contributed by atoms with Crippen LogP contribution < -0.4 is 20.9 Å². The van der Waals surface area contributed by atoms with Crippen molar-refractivity contribution in [2.24, 2.45) is 0 Å². The molecule has 224 valence electrons. The zero-order chi connectivity index (χ0) is 30.7. The molecule has 2 aromatic heterocycles. The van der Waals surface area contributed by atoms with Crippen molar-refractivity contribution in [1.82, 2.24) is 19.2 Å². The smallest absolute Gasteiger partial charge is 0.323 e. The molecule has 2 aromatic carbocycles. The van der Waals surface area contributed by atoms with E-state index in [0.29, 0.717) is 24.5 Å². The van der Waals surface area contributed by atoms with Crippen LogP contribution in [0.3, 0.4) is 0 Å². The number of benzene rings is 2. The van der Waals surface area contributed by atoms with Crippen LogP contribution in [-0.2, 0) is 6.54 Å². The summed E-state index contributed by atoms with van der Waals surface area (Å²) in [6.07, 6.45) is 3.36. The van der Waals surface area contributed by atoms with Crippen molar-refractivity contribution in [1.29, 1.82) is 0 Å². The molecule has 11 nitrogen and oxygen atoms in total. The van der Waals surface area contributed by atoms with Crippen LogP contribution in [0, 0.1) is 12.7 Å². The van der Waals surface area contributed by atoms with Gasteiger partial charge in [-0.25, -0.2) is 18.9 Å². The third-order valence-corrected chi connectivity index (χ3v) is 6.94. The molecule has 43 heavy (non-hydrogen) atoms. The SMILES string of the molecule is Cc1c(C(=O)Nc2ccc(Oc3ccnc(NC(=O)N4CCCC4)c3)c(F)c2)c(=O)n(-c2ccccc2)n1CC(C)(C)O. The highest BCUT2D eigenvalue weighted by Gasteiger charge is 2.27. The van der Waals surface area contributed by atoms with Crippen LogP contribution in [-0.4, -0.2) is 55.0 Å². The van der Waals surface area contributed by atoms with Crippen molar-refractivity contribution >= 4 is 23.4 Å². The number of urea groups is 1. The summed E-state index contributed by atoms with van der Waals surface area (Å²) >= 11 is 0. The summed E-state index contributed by atoms with van der Waals surface area (Å²) in [6.45, 7) is 6.26. The molecule has 1 fully saturated rings. The van der Waals surface area contributed by atoms with Crippen LogP contribution in [0.2, 0.25) is 0 Å². The van der Waals surface area contributed by atoms with Crippen molar-refractivity contribution in [3.8, 4) is 17.2 Å². The Morgan fingerprint density at radius 3 is 2.44 bits per heavy atom. The first-order valence-electron chi connectivity index (χ1n) is 13.9. The first kappa shape index (κ1) is 29.5. The standard InChI is InChI=1S/C31H33FN6O5/c1-20-27(29(40)38(22-9-5-4-6-10-22)37(20)19-31(2,3)42)28(39)34-21-11-12-25(24(32)17-21)43-23-13-14-33-26(18-23)35-30(41)36-15-7-8-16-36/h4-6,9-14,17-18,42H,7-8,15-16,19H2,1-3H3,(H,34,39)(H,33,35,41). The zero-order valence-electron chi connectivity index (χ0n) is 24.1. The highest BCUT2D eigenvalue weighted by molar-refractivity contribution is 6.05. The first-order chi connectivity index (χ1) is 20.5. The third kappa shape index (κ3) is 6.75. The van der Waals surface area contributed by atoms with Crippen molar-refractivity contribution in [2.45, 2.75) is 45.8 Å². The number of hydrogen-bond donors (Lipinski definition) is 3. The Balaban J connectivity index is 1.34. The van der Waals surface area contributed by atoms with Gasteiger partial charge >= 0.3 is 6.03 Å². The minimum Gasteiger partial charge on any atom is -0.454 e. The van der Waals surface area contributed by atoms with Gasteiger partial charge in [-0.2, -0.15) is 0 Å². The van der Waals surface area contributed by atoms with Gasteiger partial charge in [0.1, 0.15) is 17.1 Å². The topological polar surface area (TPSA) is 131 Å². The number of aromatic nitrogens is 3. The lowest BCUT2D eigenvalue weighted by Gasteiger charge is -2.22. The molecule has 0 bridgehead atoms. The van der Waals surface area contributed by atoms with Crippen LogP contribution >= 0.6 is 0 Å². The second kappa shape index (κ2) is 12.1. The maximum atomic E-state index is 15.1. The maximum Gasteiger partial charge on any atom is 0.323 e. The fourth-order valence-electron chi connectivity index (χ4n) is 4.93. The quantitative estimate of drug-likeness (QED) is 0.268. The van der Waals surface area contributed by atoms with E-state index >= 15 is 4.39 Å². The molecule has 1 aliphatic heterocycles. The lowest BCUT2D eigenvalue weighted by molar-refractivity contribution is 0.0546. The Bertz CT molecular complexity index is 1700. The van der Waals surface area contributed by atoms with Crippen LogP contribution in [0.25, 0.3) is 5.69 Å². The highest BCUT2D eigenvalue weighted by atomic mass is 19.1. The molecule has 12 heteroatoms. The fourth-order valence-corrected chi connectivity index (χ4v) is 4.93. The average Bonchev–Trinajstić information content (AvgIpc) is 3.57. The number of aliphatic hydroxyl groups is 1. The molecule has 0 aliphatic carbocycles. The van der Waals surface area contributed by atoms with Gasteiger partial charge in [0.2, 0.25) is 0 Å². The van der Waals surface area contributed by atoms with E-state index in [9.17, 15) is 19.5 Å². The number of nitrogens with one attached hydrogen (secondary N) is 2. The van der Waals surface area contributed by atoms with E-state index in [1.165, 1.54) is 35.1 Å². The summed E-state index contributed by atoms with van der Waals surface area (Å²) in [5, 5.41) is 15.8. The Hall–Kier alpha value is -4.97. The summed E-state index contributed by atoms with van der Waals surface area (Å²) in [7, 11) is 0. The number of ether oxygens (including phenoxy) is 1. The largest absolute Gasteiger partial charge is 0.454 e. The maximum absolute atomic E-state index is 15.1. The predicted octanol–water partition coefficient (Wildman–Crippen LogP) is 4.92. The van der Waals surface area contributed by atoms with Crippen LogP contribution in [0.4, 0.5) is 20.7 Å². The predicted molar refractivity (Wildman–Crippen MR) is 160 cm³/mol. The van der Waals surface area contributed by atoms with E-state index in [1.54, 1.807) is 60.7 Å². The van der Waals surface area contributed by atoms with E-state index in [0.717, 1.165) is 18.9 Å². The molecule has 3 N–H and O–H groups in total. The monoisotopic (exact) mass is 588 g/mol. The molecule has 5 rings (SSSR count). The van der Waals surface area contributed by atoms with Gasteiger partial charge < -0.3 is 20.1 Å².